The van der Waals surface area contributed by atoms with Crippen molar-refractivity contribution in [2.75, 3.05) is 18.0 Å². The molecule has 1 N–H and O–H groups in total. The molecule has 3 heterocycles. The van der Waals surface area contributed by atoms with Crippen LogP contribution in [0.25, 0.3) is 0 Å². The summed E-state index contributed by atoms with van der Waals surface area (Å²) >= 11 is 0. The second-order valence-corrected chi connectivity index (χ2v) is 5.83. The van der Waals surface area contributed by atoms with Crippen LogP contribution in [-0.2, 0) is 6.54 Å². The number of aryl methyl sites for hydroxylation is 1. The number of rotatable bonds is 5. The van der Waals surface area contributed by atoms with Crippen LogP contribution in [0.5, 0.6) is 0 Å². The average Bonchev–Trinajstić information content (AvgIpc) is 3.05. The van der Waals surface area contributed by atoms with Gasteiger partial charge in [0.05, 0.1) is 11.8 Å². The quantitative estimate of drug-likeness (QED) is 0.905. The Morgan fingerprint density at radius 3 is 3.17 bits per heavy atom. The van der Waals surface area contributed by atoms with Gasteiger partial charge in [-0.2, -0.15) is 10.2 Å². The van der Waals surface area contributed by atoms with Crippen LogP contribution < -0.4 is 10.2 Å². The van der Waals surface area contributed by atoms with E-state index in [1.807, 2.05) is 23.0 Å². The number of hydrogen-bond acceptors (Lipinski definition) is 5. The van der Waals surface area contributed by atoms with Gasteiger partial charge in [0.2, 0.25) is 0 Å². The standard InChI is InChI=1S/C16H22N6O/c1-2-8-22-11-13(10-18-22)16(23)19-14-5-4-9-21(12-14)15-6-3-7-17-20-15/h3,6-7,10-11,14H,2,4-5,8-9,12H2,1H3,(H,19,23)/t14-/m0/s1. The molecule has 7 heteroatoms. The largest absolute Gasteiger partial charge is 0.353 e. The molecule has 1 aliphatic heterocycles. The molecule has 0 spiro atoms. The van der Waals surface area contributed by atoms with E-state index in [4.69, 9.17) is 0 Å². The fourth-order valence-electron chi connectivity index (χ4n) is 2.87. The van der Waals surface area contributed by atoms with E-state index in [0.29, 0.717) is 5.56 Å². The number of piperidine rings is 1. The smallest absolute Gasteiger partial charge is 0.254 e. The van der Waals surface area contributed by atoms with Crippen molar-refractivity contribution in [3.8, 4) is 0 Å². The van der Waals surface area contributed by atoms with Crippen molar-refractivity contribution in [3.05, 3.63) is 36.3 Å². The SMILES string of the molecule is CCCn1cc(C(=O)N[C@H]2CCCN(c3cccnn3)C2)cn1. The summed E-state index contributed by atoms with van der Waals surface area (Å²) in [7, 11) is 0. The van der Waals surface area contributed by atoms with E-state index in [-0.39, 0.29) is 11.9 Å². The van der Waals surface area contributed by atoms with E-state index < -0.39 is 0 Å². The number of nitrogens with zero attached hydrogens (tertiary/aromatic N) is 5. The van der Waals surface area contributed by atoms with Crippen LogP contribution >= 0.6 is 0 Å². The highest BCUT2D eigenvalue weighted by atomic mass is 16.1. The molecular formula is C16H22N6O. The molecule has 122 valence electrons. The number of anilines is 1. The number of hydrogen-bond donors (Lipinski definition) is 1. The van der Waals surface area contributed by atoms with Crippen molar-refractivity contribution in [2.45, 2.75) is 38.8 Å². The molecule has 23 heavy (non-hydrogen) atoms. The predicted octanol–water partition coefficient (Wildman–Crippen LogP) is 1.48. The molecule has 0 saturated carbocycles. The van der Waals surface area contributed by atoms with Crippen LogP contribution in [0.4, 0.5) is 5.82 Å². The van der Waals surface area contributed by atoms with Gasteiger partial charge in [0.25, 0.3) is 5.91 Å². The number of nitrogens with one attached hydrogen (secondary N) is 1. The van der Waals surface area contributed by atoms with E-state index >= 15 is 0 Å². The van der Waals surface area contributed by atoms with Gasteiger partial charge in [0.1, 0.15) is 0 Å². The Morgan fingerprint density at radius 1 is 1.48 bits per heavy atom. The highest BCUT2D eigenvalue weighted by molar-refractivity contribution is 5.93. The Kier molecular flexibility index (Phi) is 4.85. The molecule has 0 unspecified atom stereocenters. The van der Waals surface area contributed by atoms with Crippen molar-refractivity contribution in [2.24, 2.45) is 0 Å². The first-order chi connectivity index (χ1) is 11.3. The molecule has 3 rings (SSSR count). The van der Waals surface area contributed by atoms with Gasteiger partial charge in [-0.25, -0.2) is 0 Å². The second-order valence-electron chi connectivity index (χ2n) is 5.83. The highest BCUT2D eigenvalue weighted by Gasteiger charge is 2.23. The van der Waals surface area contributed by atoms with Gasteiger partial charge in [-0.05, 0) is 31.4 Å². The summed E-state index contributed by atoms with van der Waals surface area (Å²) in [6.45, 7) is 4.62. The van der Waals surface area contributed by atoms with Crippen LogP contribution in [0.15, 0.2) is 30.7 Å². The van der Waals surface area contributed by atoms with Gasteiger partial charge in [-0.3, -0.25) is 9.48 Å². The summed E-state index contributed by atoms with van der Waals surface area (Å²) in [4.78, 5) is 14.5. The highest BCUT2D eigenvalue weighted by Crippen LogP contribution is 2.17. The maximum absolute atomic E-state index is 12.4. The number of carbonyl (C=O) groups excluding carboxylic acids is 1. The lowest BCUT2D eigenvalue weighted by atomic mass is 10.1. The molecule has 0 aliphatic carbocycles. The van der Waals surface area contributed by atoms with Crippen molar-refractivity contribution in [3.63, 3.8) is 0 Å². The number of carbonyl (C=O) groups is 1. The van der Waals surface area contributed by atoms with Crippen LogP contribution in [0.2, 0.25) is 0 Å². The molecule has 0 radical (unpaired) electrons. The molecular weight excluding hydrogens is 292 g/mol. The van der Waals surface area contributed by atoms with Crippen LogP contribution in [0.3, 0.4) is 0 Å². The summed E-state index contributed by atoms with van der Waals surface area (Å²) in [5.41, 5.74) is 0.620. The molecule has 2 aromatic rings. The number of amides is 1. The Morgan fingerprint density at radius 2 is 2.39 bits per heavy atom. The molecule has 0 bridgehead atoms. The molecule has 1 atom stereocenters. The lowest BCUT2D eigenvalue weighted by molar-refractivity contribution is 0.0933. The lowest BCUT2D eigenvalue weighted by Crippen LogP contribution is -2.48. The first kappa shape index (κ1) is 15.5. The van der Waals surface area contributed by atoms with Crippen molar-refractivity contribution in [1.29, 1.82) is 0 Å². The first-order valence-corrected chi connectivity index (χ1v) is 8.12. The molecule has 1 saturated heterocycles. The van der Waals surface area contributed by atoms with E-state index in [1.165, 1.54) is 0 Å². The fourth-order valence-corrected chi connectivity index (χ4v) is 2.87. The summed E-state index contributed by atoms with van der Waals surface area (Å²) in [6, 6.07) is 3.95. The van der Waals surface area contributed by atoms with E-state index in [1.54, 1.807) is 12.4 Å². The molecule has 1 fully saturated rings. The van der Waals surface area contributed by atoms with Gasteiger partial charge in [-0.1, -0.05) is 6.92 Å². The van der Waals surface area contributed by atoms with Crippen LogP contribution in [0, 0.1) is 0 Å². The maximum Gasteiger partial charge on any atom is 0.254 e. The number of aromatic nitrogens is 4. The van der Waals surface area contributed by atoms with E-state index in [0.717, 1.165) is 44.7 Å². The molecule has 2 aromatic heterocycles. The zero-order chi connectivity index (χ0) is 16.1. The second kappa shape index (κ2) is 7.21. The summed E-state index contributed by atoms with van der Waals surface area (Å²) in [6.07, 6.45) is 8.11. The Labute approximate surface area is 135 Å². The fraction of sp³-hybridized carbons (Fsp3) is 0.500. The summed E-state index contributed by atoms with van der Waals surface area (Å²) < 4.78 is 1.81. The topological polar surface area (TPSA) is 75.9 Å². The minimum atomic E-state index is -0.0571. The lowest BCUT2D eigenvalue weighted by Gasteiger charge is -2.33. The van der Waals surface area contributed by atoms with Crippen molar-refractivity contribution < 1.29 is 4.79 Å². The first-order valence-electron chi connectivity index (χ1n) is 8.12. The molecule has 1 amide bonds. The van der Waals surface area contributed by atoms with E-state index in [9.17, 15) is 4.79 Å². The molecule has 7 nitrogen and oxygen atoms in total. The van der Waals surface area contributed by atoms with Crippen LogP contribution in [-0.4, -0.2) is 45.0 Å². The third-order valence-electron chi connectivity index (χ3n) is 3.99. The summed E-state index contributed by atoms with van der Waals surface area (Å²) in [5.74, 6) is 0.806. The normalized spacial score (nSPS) is 18.0. The molecule has 0 aromatic carbocycles. The predicted molar refractivity (Wildman–Crippen MR) is 87.3 cm³/mol. The summed E-state index contributed by atoms with van der Waals surface area (Å²) in [5, 5.41) is 15.4. The van der Waals surface area contributed by atoms with Gasteiger partial charge < -0.3 is 10.2 Å². The zero-order valence-corrected chi connectivity index (χ0v) is 13.4. The third kappa shape index (κ3) is 3.85. The van der Waals surface area contributed by atoms with Crippen molar-refractivity contribution >= 4 is 11.7 Å². The Balaban J connectivity index is 1.59. The maximum atomic E-state index is 12.4. The zero-order valence-electron chi connectivity index (χ0n) is 13.4. The van der Waals surface area contributed by atoms with Gasteiger partial charge in [0.15, 0.2) is 5.82 Å². The van der Waals surface area contributed by atoms with Gasteiger partial charge in [-0.15, -0.1) is 5.10 Å². The minimum absolute atomic E-state index is 0.0571. The van der Waals surface area contributed by atoms with Crippen LogP contribution in [0.1, 0.15) is 36.5 Å². The average molecular weight is 314 g/mol. The minimum Gasteiger partial charge on any atom is -0.353 e. The Bertz CT molecular complexity index is 641. The van der Waals surface area contributed by atoms with Gasteiger partial charge in [0, 0.05) is 38.1 Å². The van der Waals surface area contributed by atoms with Crippen molar-refractivity contribution in [1.82, 2.24) is 25.3 Å². The van der Waals surface area contributed by atoms with Gasteiger partial charge >= 0.3 is 0 Å². The third-order valence-corrected chi connectivity index (χ3v) is 3.99. The van der Waals surface area contributed by atoms with E-state index in [2.05, 4.69) is 32.4 Å². The Hall–Kier alpha value is -2.44. The molecule has 1 aliphatic rings. The monoisotopic (exact) mass is 314 g/mol.